The molecule has 0 fully saturated rings. The molecule has 0 aromatic heterocycles. The molecule has 6 heteroatoms. The summed E-state index contributed by atoms with van der Waals surface area (Å²) in [7, 11) is -2.95. The first kappa shape index (κ1) is 20.2. The number of hydrogen-bond donors (Lipinski definition) is 0. The molecule has 132 valence electrons. The molecular formula is C17H28F2O3Si. The second-order valence-corrected chi connectivity index (χ2v) is 9.03. The van der Waals surface area contributed by atoms with Crippen molar-refractivity contribution in [3.8, 4) is 0 Å². The average molecular weight is 346 g/mol. The molecule has 0 spiro atoms. The predicted octanol–water partition coefficient (Wildman–Crippen LogP) is 4.72. The normalized spacial score (nSPS) is 12.7. The molecule has 0 saturated carbocycles. The van der Waals surface area contributed by atoms with Crippen molar-refractivity contribution in [2.75, 3.05) is 0 Å². The minimum absolute atomic E-state index is 0.0524. The number of rotatable bonds is 9. The average Bonchev–Trinajstić information content (AvgIpc) is 2.32. The van der Waals surface area contributed by atoms with Crippen molar-refractivity contribution in [2.45, 2.75) is 72.3 Å². The van der Waals surface area contributed by atoms with E-state index in [4.69, 9.17) is 13.3 Å². The van der Waals surface area contributed by atoms with Gasteiger partial charge in [0.25, 0.3) is 0 Å². The molecule has 1 aromatic rings. The molecule has 1 rings (SSSR count). The summed E-state index contributed by atoms with van der Waals surface area (Å²) >= 11 is 0. The fraction of sp³-hybridized carbons (Fsp3) is 0.647. The maximum atomic E-state index is 13.4. The lowest BCUT2D eigenvalue weighted by Crippen LogP contribution is -2.51. The molecule has 0 unspecified atom stereocenters. The molecule has 0 saturated heterocycles. The van der Waals surface area contributed by atoms with Gasteiger partial charge in [0, 0.05) is 30.4 Å². The van der Waals surface area contributed by atoms with E-state index in [2.05, 4.69) is 0 Å². The molecule has 0 aliphatic carbocycles. The van der Waals surface area contributed by atoms with Gasteiger partial charge in [0.15, 0.2) is 0 Å². The van der Waals surface area contributed by atoms with Gasteiger partial charge in [-0.3, -0.25) is 0 Å². The van der Waals surface area contributed by atoms with Gasteiger partial charge in [-0.15, -0.1) is 0 Å². The van der Waals surface area contributed by atoms with Crippen LogP contribution in [0.2, 0.25) is 6.04 Å². The van der Waals surface area contributed by atoms with E-state index in [1.54, 1.807) is 0 Å². The molecule has 0 radical (unpaired) electrons. The Morgan fingerprint density at radius 3 is 1.52 bits per heavy atom. The van der Waals surface area contributed by atoms with Crippen LogP contribution in [0.15, 0.2) is 18.2 Å². The van der Waals surface area contributed by atoms with E-state index >= 15 is 0 Å². The molecule has 0 N–H and O–H groups in total. The quantitative estimate of drug-likeness (QED) is 0.606. The Labute approximate surface area is 139 Å². The van der Waals surface area contributed by atoms with Crippen molar-refractivity contribution < 1.29 is 22.1 Å². The van der Waals surface area contributed by atoms with Gasteiger partial charge in [-0.05, 0) is 65.7 Å². The summed E-state index contributed by atoms with van der Waals surface area (Å²) < 4.78 is 44.9. The molecule has 0 bridgehead atoms. The second-order valence-electron chi connectivity index (χ2n) is 6.46. The molecule has 0 aliphatic heterocycles. The van der Waals surface area contributed by atoms with Crippen LogP contribution in [0.5, 0.6) is 0 Å². The smallest absolute Gasteiger partial charge is 0.371 e. The van der Waals surface area contributed by atoms with Gasteiger partial charge in [0.2, 0.25) is 0 Å². The van der Waals surface area contributed by atoms with Crippen LogP contribution in [-0.4, -0.2) is 27.1 Å². The van der Waals surface area contributed by atoms with Crippen LogP contribution in [0.3, 0.4) is 0 Å². The van der Waals surface area contributed by atoms with Gasteiger partial charge in [-0.1, -0.05) is 0 Å². The third-order valence-corrected chi connectivity index (χ3v) is 6.24. The van der Waals surface area contributed by atoms with E-state index in [-0.39, 0.29) is 18.3 Å². The lowest BCUT2D eigenvalue weighted by atomic mass is 10.2. The SMILES string of the molecule is CC(C)O[Si](CCc1cc(F)cc(F)c1)(OC(C)C)OC(C)C. The summed E-state index contributed by atoms with van der Waals surface area (Å²) in [5, 5.41) is 0. The molecule has 1 aromatic carbocycles. The Kier molecular flexibility index (Phi) is 7.80. The molecule has 0 atom stereocenters. The van der Waals surface area contributed by atoms with Gasteiger partial charge < -0.3 is 13.3 Å². The third kappa shape index (κ3) is 7.52. The Bertz CT molecular complexity index is 446. The lowest BCUT2D eigenvalue weighted by molar-refractivity contribution is 0.00329. The van der Waals surface area contributed by atoms with Crippen molar-refractivity contribution in [1.29, 1.82) is 0 Å². The minimum Gasteiger partial charge on any atom is -0.371 e. The van der Waals surface area contributed by atoms with E-state index in [1.807, 2.05) is 41.5 Å². The maximum absolute atomic E-state index is 13.4. The topological polar surface area (TPSA) is 27.7 Å². The van der Waals surface area contributed by atoms with Crippen LogP contribution < -0.4 is 0 Å². The first-order chi connectivity index (χ1) is 10.6. The van der Waals surface area contributed by atoms with Gasteiger partial charge >= 0.3 is 8.80 Å². The van der Waals surface area contributed by atoms with E-state index in [0.717, 1.165) is 6.07 Å². The van der Waals surface area contributed by atoms with Crippen molar-refractivity contribution in [1.82, 2.24) is 0 Å². The molecule has 23 heavy (non-hydrogen) atoms. The van der Waals surface area contributed by atoms with Crippen LogP contribution in [-0.2, 0) is 19.7 Å². The van der Waals surface area contributed by atoms with Crippen LogP contribution in [0.4, 0.5) is 8.78 Å². The van der Waals surface area contributed by atoms with Crippen LogP contribution >= 0.6 is 0 Å². The van der Waals surface area contributed by atoms with Gasteiger partial charge in [0.1, 0.15) is 11.6 Å². The van der Waals surface area contributed by atoms with E-state index < -0.39 is 20.4 Å². The minimum atomic E-state index is -2.95. The number of benzene rings is 1. The predicted molar refractivity (Wildman–Crippen MR) is 89.3 cm³/mol. The van der Waals surface area contributed by atoms with Gasteiger partial charge in [0.05, 0.1) is 0 Å². The Hall–Kier alpha value is -0.823. The molecule has 0 aliphatic rings. The summed E-state index contributed by atoms with van der Waals surface area (Å²) in [4.78, 5) is 0. The number of hydrogen-bond acceptors (Lipinski definition) is 3. The zero-order valence-electron chi connectivity index (χ0n) is 14.9. The summed E-state index contributed by atoms with van der Waals surface area (Å²) in [5.74, 6) is -1.15. The number of aryl methyl sites for hydroxylation is 1. The summed E-state index contributed by atoms with van der Waals surface area (Å²) in [6.45, 7) is 11.6. The van der Waals surface area contributed by atoms with E-state index in [0.29, 0.717) is 18.0 Å². The zero-order chi connectivity index (χ0) is 17.6. The van der Waals surface area contributed by atoms with E-state index in [1.165, 1.54) is 12.1 Å². The highest BCUT2D eigenvalue weighted by atomic mass is 28.4. The highest BCUT2D eigenvalue weighted by molar-refractivity contribution is 6.60. The molecule has 0 amide bonds. The Morgan fingerprint density at radius 1 is 0.783 bits per heavy atom. The molecule has 3 nitrogen and oxygen atoms in total. The largest absolute Gasteiger partial charge is 0.501 e. The van der Waals surface area contributed by atoms with E-state index in [9.17, 15) is 8.78 Å². The Balaban J connectivity index is 2.96. The van der Waals surface area contributed by atoms with Gasteiger partial charge in [-0.25, -0.2) is 8.78 Å². The van der Waals surface area contributed by atoms with Crippen molar-refractivity contribution in [3.05, 3.63) is 35.4 Å². The maximum Gasteiger partial charge on any atom is 0.501 e. The molecule has 0 heterocycles. The summed E-state index contributed by atoms with van der Waals surface area (Å²) in [6, 6.07) is 4.02. The second kappa shape index (κ2) is 8.87. The summed E-state index contributed by atoms with van der Waals surface area (Å²) in [5.41, 5.74) is 0.575. The first-order valence-electron chi connectivity index (χ1n) is 8.10. The number of halogens is 2. The van der Waals surface area contributed by atoms with Crippen molar-refractivity contribution >= 4 is 8.80 Å². The fourth-order valence-electron chi connectivity index (χ4n) is 2.39. The monoisotopic (exact) mass is 346 g/mol. The van der Waals surface area contributed by atoms with Crippen LogP contribution in [0, 0.1) is 11.6 Å². The standard InChI is InChI=1S/C17H28F2O3Si/c1-12(2)20-23(21-13(3)4,22-14(5)6)8-7-15-9-16(18)11-17(19)10-15/h9-14H,7-8H2,1-6H3. The van der Waals surface area contributed by atoms with Crippen molar-refractivity contribution in [3.63, 3.8) is 0 Å². The van der Waals surface area contributed by atoms with Crippen LogP contribution in [0.25, 0.3) is 0 Å². The Morgan fingerprint density at radius 2 is 1.17 bits per heavy atom. The van der Waals surface area contributed by atoms with Crippen LogP contribution in [0.1, 0.15) is 47.1 Å². The van der Waals surface area contributed by atoms with Crippen molar-refractivity contribution in [2.24, 2.45) is 0 Å². The summed E-state index contributed by atoms with van der Waals surface area (Å²) in [6.07, 6.45) is 0.280. The zero-order valence-corrected chi connectivity index (χ0v) is 15.9. The fourth-order valence-corrected chi connectivity index (χ4v) is 5.66. The highest BCUT2D eigenvalue weighted by Crippen LogP contribution is 2.24. The highest BCUT2D eigenvalue weighted by Gasteiger charge is 2.43. The third-order valence-electron chi connectivity index (χ3n) is 2.89. The lowest BCUT2D eigenvalue weighted by Gasteiger charge is -2.34. The molecular weight excluding hydrogens is 318 g/mol. The van der Waals surface area contributed by atoms with Gasteiger partial charge in [-0.2, -0.15) is 0 Å². The first-order valence-corrected chi connectivity index (χ1v) is 10.0.